The van der Waals surface area contributed by atoms with Crippen LogP contribution in [0.4, 0.5) is 0 Å². The Balaban J connectivity index is 1.93. The summed E-state index contributed by atoms with van der Waals surface area (Å²) in [6.45, 7) is 2.77. The Hall–Kier alpha value is -0.390. The van der Waals surface area contributed by atoms with E-state index in [2.05, 4.69) is 46.4 Å². The minimum absolute atomic E-state index is 0.101. The van der Waals surface area contributed by atoms with Crippen molar-refractivity contribution >= 4 is 25.8 Å². The van der Waals surface area contributed by atoms with E-state index >= 15 is 0 Å². The molecule has 1 aromatic carbocycles. The zero-order chi connectivity index (χ0) is 13.2. The van der Waals surface area contributed by atoms with Crippen molar-refractivity contribution in [2.45, 2.75) is 32.4 Å². The van der Waals surface area contributed by atoms with E-state index in [9.17, 15) is 8.42 Å². The molecule has 0 aliphatic carbocycles. The van der Waals surface area contributed by atoms with Crippen LogP contribution in [0.5, 0.6) is 0 Å². The molecule has 100 valence electrons. The number of hydrogen-bond acceptors (Lipinski definition) is 3. The van der Waals surface area contributed by atoms with Gasteiger partial charge in [-0.05, 0) is 37.0 Å². The first-order valence-corrected chi connectivity index (χ1v) is 8.76. The van der Waals surface area contributed by atoms with Gasteiger partial charge in [0.1, 0.15) is 0 Å². The van der Waals surface area contributed by atoms with Gasteiger partial charge in [-0.25, -0.2) is 8.42 Å². The van der Waals surface area contributed by atoms with Gasteiger partial charge in [-0.1, -0.05) is 28.1 Å². The third-order valence-electron chi connectivity index (χ3n) is 3.29. The second-order valence-electron chi connectivity index (χ2n) is 4.92. The molecule has 18 heavy (non-hydrogen) atoms. The van der Waals surface area contributed by atoms with Gasteiger partial charge in [-0.15, -0.1) is 0 Å². The molecule has 0 amide bonds. The molecule has 2 rings (SSSR count). The molecule has 5 heteroatoms. The average molecular weight is 332 g/mol. The van der Waals surface area contributed by atoms with E-state index in [1.54, 1.807) is 0 Å². The standard InChI is InChI=1S/C13H18BrNO2S/c1-10-4-5-11(7-13(10)14)8-15-12-3-2-6-18(16,17)9-12/h4-5,7,12,15H,2-3,6,8-9H2,1H3. The summed E-state index contributed by atoms with van der Waals surface area (Å²) in [7, 11) is -2.82. The van der Waals surface area contributed by atoms with Crippen molar-refractivity contribution in [2.24, 2.45) is 0 Å². The van der Waals surface area contributed by atoms with Gasteiger partial charge in [-0.2, -0.15) is 0 Å². The predicted octanol–water partition coefficient (Wildman–Crippen LogP) is 2.42. The first kappa shape index (κ1) is 14.0. The Morgan fingerprint density at radius 1 is 1.44 bits per heavy atom. The average Bonchev–Trinajstić information content (AvgIpc) is 2.29. The van der Waals surface area contributed by atoms with Crippen molar-refractivity contribution in [3.05, 3.63) is 33.8 Å². The van der Waals surface area contributed by atoms with E-state index in [0.29, 0.717) is 5.75 Å². The zero-order valence-electron chi connectivity index (χ0n) is 10.4. The lowest BCUT2D eigenvalue weighted by molar-refractivity contribution is 0.480. The molecule has 0 saturated carbocycles. The molecule has 1 saturated heterocycles. The van der Waals surface area contributed by atoms with E-state index in [1.165, 1.54) is 11.1 Å². The molecule has 3 nitrogen and oxygen atoms in total. The summed E-state index contributed by atoms with van der Waals surface area (Å²) in [4.78, 5) is 0. The Bertz CT molecular complexity index is 528. The third kappa shape index (κ3) is 3.80. The highest BCUT2D eigenvalue weighted by atomic mass is 79.9. The minimum Gasteiger partial charge on any atom is -0.309 e. The number of nitrogens with one attached hydrogen (secondary N) is 1. The predicted molar refractivity (Wildman–Crippen MR) is 77.4 cm³/mol. The second-order valence-corrected chi connectivity index (χ2v) is 8.00. The van der Waals surface area contributed by atoms with Gasteiger partial charge >= 0.3 is 0 Å². The van der Waals surface area contributed by atoms with Crippen LogP contribution in [0.2, 0.25) is 0 Å². The quantitative estimate of drug-likeness (QED) is 0.925. The summed E-state index contributed by atoms with van der Waals surface area (Å²) in [6.07, 6.45) is 1.73. The van der Waals surface area contributed by atoms with Crippen LogP contribution in [0, 0.1) is 6.92 Å². The summed E-state index contributed by atoms with van der Waals surface area (Å²) in [5.41, 5.74) is 2.38. The molecule has 1 unspecified atom stereocenters. The molecular weight excluding hydrogens is 314 g/mol. The van der Waals surface area contributed by atoms with Crippen LogP contribution in [0.15, 0.2) is 22.7 Å². The van der Waals surface area contributed by atoms with Gasteiger partial charge in [-0.3, -0.25) is 0 Å². The third-order valence-corrected chi connectivity index (χ3v) is 5.97. The first-order valence-electron chi connectivity index (χ1n) is 6.15. The first-order chi connectivity index (χ1) is 8.46. The lowest BCUT2D eigenvalue weighted by Crippen LogP contribution is -2.39. The van der Waals surface area contributed by atoms with Gasteiger partial charge < -0.3 is 5.32 Å². The molecule has 1 N–H and O–H groups in total. The molecular formula is C13H18BrNO2S. The fourth-order valence-electron chi connectivity index (χ4n) is 2.19. The minimum atomic E-state index is -2.82. The van der Waals surface area contributed by atoms with Crippen molar-refractivity contribution in [1.29, 1.82) is 0 Å². The number of hydrogen-bond donors (Lipinski definition) is 1. The fraction of sp³-hybridized carbons (Fsp3) is 0.538. The molecule has 0 bridgehead atoms. The number of benzene rings is 1. The normalized spacial score (nSPS) is 22.9. The summed E-state index contributed by atoms with van der Waals surface area (Å²) in [6, 6.07) is 6.33. The monoisotopic (exact) mass is 331 g/mol. The summed E-state index contributed by atoms with van der Waals surface area (Å²) in [5, 5.41) is 3.34. The van der Waals surface area contributed by atoms with Crippen LogP contribution in [0.3, 0.4) is 0 Å². The lowest BCUT2D eigenvalue weighted by atomic mass is 10.1. The van der Waals surface area contributed by atoms with Gasteiger partial charge in [0, 0.05) is 17.1 Å². The summed E-state index contributed by atoms with van der Waals surface area (Å²) < 4.78 is 24.1. The number of sulfone groups is 1. The maximum atomic E-state index is 11.5. The van der Waals surface area contributed by atoms with Crippen LogP contribution < -0.4 is 5.32 Å². The van der Waals surface area contributed by atoms with E-state index < -0.39 is 9.84 Å². The fourth-order valence-corrected chi connectivity index (χ4v) is 4.29. The van der Waals surface area contributed by atoms with E-state index in [4.69, 9.17) is 0 Å². The molecule has 0 spiro atoms. The molecule has 1 aliphatic heterocycles. The largest absolute Gasteiger partial charge is 0.309 e. The van der Waals surface area contributed by atoms with Crippen molar-refractivity contribution in [2.75, 3.05) is 11.5 Å². The highest BCUT2D eigenvalue weighted by Gasteiger charge is 2.24. The number of halogens is 1. The van der Waals surface area contributed by atoms with Crippen molar-refractivity contribution in [3.8, 4) is 0 Å². The van der Waals surface area contributed by atoms with Crippen LogP contribution in [-0.2, 0) is 16.4 Å². The molecule has 1 fully saturated rings. The van der Waals surface area contributed by atoms with E-state index in [1.807, 2.05) is 0 Å². The number of rotatable bonds is 3. The second kappa shape index (κ2) is 5.72. The Morgan fingerprint density at radius 3 is 2.89 bits per heavy atom. The van der Waals surface area contributed by atoms with Crippen LogP contribution in [0.1, 0.15) is 24.0 Å². The molecule has 1 aromatic rings. The van der Waals surface area contributed by atoms with Crippen molar-refractivity contribution in [3.63, 3.8) is 0 Å². The van der Waals surface area contributed by atoms with Crippen molar-refractivity contribution < 1.29 is 8.42 Å². The zero-order valence-corrected chi connectivity index (χ0v) is 12.9. The van der Waals surface area contributed by atoms with E-state index in [-0.39, 0.29) is 11.8 Å². The number of aryl methyl sites for hydroxylation is 1. The maximum Gasteiger partial charge on any atom is 0.151 e. The van der Waals surface area contributed by atoms with Gasteiger partial charge in [0.15, 0.2) is 9.84 Å². The van der Waals surface area contributed by atoms with Gasteiger partial charge in [0.05, 0.1) is 11.5 Å². The lowest BCUT2D eigenvalue weighted by Gasteiger charge is -2.23. The highest BCUT2D eigenvalue weighted by molar-refractivity contribution is 9.10. The molecule has 1 atom stereocenters. The smallest absolute Gasteiger partial charge is 0.151 e. The SMILES string of the molecule is Cc1ccc(CNC2CCCS(=O)(=O)C2)cc1Br. The van der Waals surface area contributed by atoms with Gasteiger partial charge in [0.2, 0.25) is 0 Å². The van der Waals surface area contributed by atoms with Crippen molar-refractivity contribution in [1.82, 2.24) is 5.32 Å². The molecule has 1 heterocycles. The Labute approximate surface area is 117 Å². The van der Waals surface area contributed by atoms with Crippen LogP contribution in [0.25, 0.3) is 0 Å². The molecule has 0 aromatic heterocycles. The topological polar surface area (TPSA) is 46.2 Å². The molecule has 0 radical (unpaired) electrons. The van der Waals surface area contributed by atoms with Gasteiger partial charge in [0.25, 0.3) is 0 Å². The summed E-state index contributed by atoms with van der Waals surface area (Å²) in [5.74, 6) is 0.626. The molecule has 1 aliphatic rings. The van der Waals surface area contributed by atoms with Crippen LogP contribution in [-0.4, -0.2) is 26.0 Å². The maximum absolute atomic E-state index is 11.5. The Morgan fingerprint density at radius 2 is 2.22 bits per heavy atom. The van der Waals surface area contributed by atoms with Crippen LogP contribution >= 0.6 is 15.9 Å². The highest BCUT2D eigenvalue weighted by Crippen LogP contribution is 2.18. The summed E-state index contributed by atoms with van der Waals surface area (Å²) >= 11 is 3.51. The Kier molecular flexibility index (Phi) is 4.45. The van der Waals surface area contributed by atoms with E-state index in [0.717, 1.165) is 23.9 Å².